The minimum absolute atomic E-state index is 0.724. The lowest BCUT2D eigenvalue weighted by Gasteiger charge is -2.36. The predicted molar refractivity (Wildman–Crippen MR) is 79.5 cm³/mol. The Kier molecular flexibility index (Phi) is 2.88. The first kappa shape index (κ1) is 11.9. The molecule has 4 heteroatoms. The van der Waals surface area contributed by atoms with Crippen LogP contribution in [0, 0.1) is 0 Å². The molecule has 2 bridgehead atoms. The molecule has 0 saturated carbocycles. The van der Waals surface area contributed by atoms with Crippen molar-refractivity contribution < 1.29 is 0 Å². The van der Waals surface area contributed by atoms with E-state index in [-0.39, 0.29) is 0 Å². The number of hydrogen-bond acceptors (Lipinski definition) is 2. The largest absolute Gasteiger partial charge is 0.307 e. The van der Waals surface area contributed by atoms with Gasteiger partial charge in [-0.15, -0.1) is 0 Å². The van der Waals surface area contributed by atoms with Crippen LogP contribution in [0.15, 0.2) is 30.6 Å². The van der Waals surface area contributed by atoms with Gasteiger partial charge < -0.3 is 4.40 Å². The van der Waals surface area contributed by atoms with Crippen LogP contribution in [0.4, 0.5) is 0 Å². The minimum atomic E-state index is 0.724. The van der Waals surface area contributed by atoms with E-state index in [0.29, 0.717) is 0 Å². The van der Waals surface area contributed by atoms with Gasteiger partial charge in [0.2, 0.25) is 0 Å². The molecule has 2 unspecified atom stereocenters. The van der Waals surface area contributed by atoms with Gasteiger partial charge in [0.1, 0.15) is 5.65 Å². The predicted octanol–water partition coefficient (Wildman–Crippen LogP) is 3.22. The fourth-order valence-electron chi connectivity index (χ4n) is 3.72. The molecule has 0 aromatic carbocycles. The van der Waals surface area contributed by atoms with E-state index < -0.39 is 0 Å². The summed E-state index contributed by atoms with van der Waals surface area (Å²) in [6.07, 6.45) is 9.56. The molecule has 0 spiro atoms. The molecule has 19 heavy (non-hydrogen) atoms. The van der Waals surface area contributed by atoms with Gasteiger partial charge in [0.05, 0.1) is 5.69 Å². The van der Waals surface area contributed by atoms with Crippen molar-refractivity contribution >= 4 is 21.6 Å². The van der Waals surface area contributed by atoms with Crippen LogP contribution in [0.2, 0.25) is 0 Å². The topological polar surface area (TPSA) is 20.5 Å². The van der Waals surface area contributed by atoms with E-state index in [1.54, 1.807) is 0 Å². The molecule has 0 amide bonds. The molecule has 2 aliphatic rings. The Balaban J connectivity index is 1.58. The lowest BCUT2D eigenvalue weighted by Crippen LogP contribution is -2.42. The van der Waals surface area contributed by atoms with Gasteiger partial charge in [0.15, 0.2) is 0 Å². The van der Waals surface area contributed by atoms with E-state index >= 15 is 0 Å². The average molecular weight is 320 g/mol. The number of pyridine rings is 1. The molecular formula is C15H18BrN3. The summed E-state index contributed by atoms with van der Waals surface area (Å²) in [5, 5.41) is 0. The van der Waals surface area contributed by atoms with E-state index in [1.807, 2.05) is 6.07 Å². The van der Waals surface area contributed by atoms with Crippen LogP contribution < -0.4 is 0 Å². The summed E-state index contributed by atoms with van der Waals surface area (Å²) in [4.78, 5) is 8.14. The van der Waals surface area contributed by atoms with E-state index in [9.17, 15) is 0 Å². The zero-order valence-electron chi connectivity index (χ0n) is 10.9. The Hall–Kier alpha value is -0.870. The quantitative estimate of drug-likeness (QED) is 0.792. The number of nitrogens with zero attached hydrogens (tertiary/aromatic N) is 3. The number of halogens is 1. The molecule has 4 heterocycles. The maximum Gasteiger partial charge on any atom is 0.137 e. The molecule has 4 rings (SSSR count). The molecule has 2 aliphatic heterocycles. The molecule has 3 nitrogen and oxygen atoms in total. The van der Waals surface area contributed by atoms with Gasteiger partial charge in [-0.05, 0) is 37.8 Å². The highest BCUT2D eigenvalue weighted by Crippen LogP contribution is 2.39. The number of rotatable bonds is 2. The SMILES string of the molecule is BrC1CC2CCC(C1)N2Cc1cn2ccccc2n1. The van der Waals surface area contributed by atoms with Crippen molar-refractivity contribution in [3.8, 4) is 0 Å². The molecule has 0 N–H and O–H groups in total. The average Bonchev–Trinajstić information content (AvgIpc) is 2.90. The number of piperidine rings is 1. The van der Waals surface area contributed by atoms with Gasteiger partial charge >= 0.3 is 0 Å². The van der Waals surface area contributed by atoms with Crippen molar-refractivity contribution in [1.82, 2.24) is 14.3 Å². The first-order valence-electron chi connectivity index (χ1n) is 7.12. The first-order valence-corrected chi connectivity index (χ1v) is 8.03. The normalized spacial score (nSPS) is 31.1. The van der Waals surface area contributed by atoms with E-state index in [1.165, 1.54) is 31.4 Å². The highest BCUT2D eigenvalue weighted by molar-refractivity contribution is 9.09. The summed E-state index contributed by atoms with van der Waals surface area (Å²) in [5.41, 5.74) is 2.26. The highest BCUT2D eigenvalue weighted by atomic mass is 79.9. The van der Waals surface area contributed by atoms with Crippen molar-refractivity contribution in [3.63, 3.8) is 0 Å². The summed E-state index contributed by atoms with van der Waals surface area (Å²) in [6, 6.07) is 7.69. The monoisotopic (exact) mass is 319 g/mol. The third kappa shape index (κ3) is 2.11. The Morgan fingerprint density at radius 1 is 1.21 bits per heavy atom. The molecule has 2 fully saturated rings. The number of alkyl halides is 1. The molecule has 2 aromatic heterocycles. The van der Waals surface area contributed by atoms with Crippen molar-refractivity contribution in [3.05, 3.63) is 36.3 Å². The summed E-state index contributed by atoms with van der Waals surface area (Å²) >= 11 is 3.80. The lowest BCUT2D eigenvalue weighted by molar-refractivity contribution is 0.135. The van der Waals surface area contributed by atoms with Gasteiger partial charge in [-0.1, -0.05) is 22.0 Å². The Morgan fingerprint density at radius 2 is 2.00 bits per heavy atom. The standard InChI is InChI=1S/C15H18BrN3/c16-11-7-13-4-5-14(8-11)19(13)10-12-9-18-6-2-1-3-15(18)17-12/h1-3,6,9,11,13-14H,4-5,7-8,10H2. The maximum absolute atomic E-state index is 4.73. The first-order chi connectivity index (χ1) is 9.29. The van der Waals surface area contributed by atoms with Gasteiger partial charge in [-0.3, -0.25) is 4.90 Å². The van der Waals surface area contributed by atoms with Gasteiger partial charge in [0, 0.05) is 35.8 Å². The second-order valence-corrected chi connectivity index (χ2v) is 7.12. The zero-order chi connectivity index (χ0) is 12.8. The lowest BCUT2D eigenvalue weighted by atomic mass is 10.0. The van der Waals surface area contributed by atoms with Crippen molar-refractivity contribution in [2.75, 3.05) is 0 Å². The second-order valence-electron chi connectivity index (χ2n) is 5.82. The van der Waals surface area contributed by atoms with Gasteiger partial charge in [-0.25, -0.2) is 4.98 Å². The van der Waals surface area contributed by atoms with Crippen molar-refractivity contribution in [2.24, 2.45) is 0 Å². The Morgan fingerprint density at radius 3 is 2.74 bits per heavy atom. The summed E-state index contributed by atoms with van der Waals surface area (Å²) < 4.78 is 2.12. The Bertz CT molecular complexity index is 547. The van der Waals surface area contributed by atoms with Crippen LogP contribution in [0.3, 0.4) is 0 Å². The van der Waals surface area contributed by atoms with Crippen LogP contribution in [-0.4, -0.2) is 31.2 Å². The van der Waals surface area contributed by atoms with Gasteiger partial charge in [0.25, 0.3) is 0 Å². The fourth-order valence-corrected chi connectivity index (χ4v) is 4.58. The van der Waals surface area contributed by atoms with Crippen LogP contribution in [0.5, 0.6) is 0 Å². The molecule has 0 aliphatic carbocycles. The van der Waals surface area contributed by atoms with Crippen LogP contribution in [0.25, 0.3) is 5.65 Å². The second kappa shape index (κ2) is 4.60. The number of imidazole rings is 1. The number of hydrogen-bond donors (Lipinski definition) is 0. The smallest absolute Gasteiger partial charge is 0.137 e. The summed E-state index contributed by atoms with van der Waals surface area (Å²) in [5.74, 6) is 0. The Labute approximate surface area is 121 Å². The number of fused-ring (bicyclic) bond motifs is 3. The van der Waals surface area contributed by atoms with E-state index in [4.69, 9.17) is 4.98 Å². The minimum Gasteiger partial charge on any atom is -0.307 e. The summed E-state index contributed by atoms with van der Waals surface area (Å²) in [7, 11) is 0. The van der Waals surface area contributed by atoms with Crippen molar-refractivity contribution in [1.29, 1.82) is 0 Å². The molecule has 2 aromatic rings. The third-order valence-electron chi connectivity index (χ3n) is 4.59. The summed E-state index contributed by atoms with van der Waals surface area (Å²) in [6.45, 7) is 1.01. The fraction of sp³-hybridized carbons (Fsp3) is 0.533. The van der Waals surface area contributed by atoms with Crippen LogP contribution in [-0.2, 0) is 6.54 Å². The van der Waals surface area contributed by atoms with E-state index in [2.05, 4.69) is 49.8 Å². The third-order valence-corrected chi connectivity index (χ3v) is 5.33. The molecule has 0 radical (unpaired) electrons. The maximum atomic E-state index is 4.73. The highest BCUT2D eigenvalue weighted by Gasteiger charge is 2.39. The molecule has 100 valence electrons. The molecule has 2 atom stereocenters. The molecule has 2 saturated heterocycles. The van der Waals surface area contributed by atoms with Crippen LogP contribution in [0.1, 0.15) is 31.4 Å². The number of aromatic nitrogens is 2. The zero-order valence-corrected chi connectivity index (χ0v) is 12.5. The van der Waals surface area contributed by atoms with Crippen molar-refractivity contribution in [2.45, 2.75) is 49.1 Å². The van der Waals surface area contributed by atoms with E-state index in [0.717, 1.165) is 29.1 Å². The van der Waals surface area contributed by atoms with Gasteiger partial charge in [-0.2, -0.15) is 0 Å². The molecular weight excluding hydrogens is 302 g/mol. The van der Waals surface area contributed by atoms with Crippen LogP contribution >= 0.6 is 15.9 Å².